The van der Waals surface area contributed by atoms with Crippen molar-refractivity contribution in [2.24, 2.45) is 0 Å². The van der Waals surface area contributed by atoms with E-state index in [1.54, 1.807) is 17.5 Å². The summed E-state index contributed by atoms with van der Waals surface area (Å²) in [6.45, 7) is 6.72. The smallest absolute Gasteiger partial charge is 0.257 e. The lowest BCUT2D eigenvalue weighted by atomic mass is 10.1. The molecule has 1 aromatic carbocycles. The van der Waals surface area contributed by atoms with Gasteiger partial charge < -0.3 is 9.80 Å². The highest BCUT2D eigenvalue weighted by atomic mass is 32.1. The average Bonchev–Trinajstić information content (AvgIpc) is 3.34. The van der Waals surface area contributed by atoms with E-state index in [-0.39, 0.29) is 5.91 Å². The van der Waals surface area contributed by atoms with Crippen molar-refractivity contribution >= 4 is 32.7 Å². The third-order valence-electron chi connectivity index (χ3n) is 5.50. The highest BCUT2D eigenvalue weighted by Crippen LogP contribution is 2.28. The van der Waals surface area contributed by atoms with Crippen LogP contribution in [0.25, 0.3) is 16.0 Å². The number of rotatable bonds is 3. The summed E-state index contributed by atoms with van der Waals surface area (Å²) in [6.07, 6.45) is 1.79. The zero-order valence-corrected chi connectivity index (χ0v) is 17.8. The van der Waals surface area contributed by atoms with Crippen LogP contribution in [-0.2, 0) is 0 Å². The first-order valence-corrected chi connectivity index (χ1v) is 10.8. The van der Waals surface area contributed by atoms with E-state index in [1.165, 1.54) is 0 Å². The molecule has 0 N–H and O–H groups in total. The van der Waals surface area contributed by atoms with Gasteiger partial charge in [-0.25, -0.2) is 14.6 Å². The Kier molecular flexibility index (Phi) is 4.71. The molecule has 30 heavy (non-hydrogen) atoms. The SMILES string of the molecule is Cc1nn(-c2ccccc2)c(C)c1C(=O)N1CCN(c2nc3cccnc3s2)CC1. The van der Waals surface area contributed by atoms with E-state index < -0.39 is 0 Å². The van der Waals surface area contributed by atoms with Crippen molar-refractivity contribution in [1.29, 1.82) is 0 Å². The molecule has 1 saturated heterocycles. The van der Waals surface area contributed by atoms with Gasteiger partial charge in [-0.1, -0.05) is 29.5 Å². The van der Waals surface area contributed by atoms with Crippen LogP contribution in [0, 0.1) is 13.8 Å². The number of carbonyl (C=O) groups excluding carboxylic acids is 1. The molecule has 0 spiro atoms. The summed E-state index contributed by atoms with van der Waals surface area (Å²) >= 11 is 1.60. The standard InChI is InChI=1S/C22H22N6OS/c1-15-19(16(2)28(25-15)17-7-4-3-5-8-17)21(29)26-11-13-27(14-12-26)22-24-18-9-6-10-23-20(18)30-22/h3-10H,11-14H2,1-2H3. The van der Waals surface area contributed by atoms with Gasteiger partial charge in [0.05, 0.1) is 22.6 Å². The van der Waals surface area contributed by atoms with Crippen LogP contribution < -0.4 is 4.90 Å². The topological polar surface area (TPSA) is 67.2 Å². The predicted octanol–water partition coefficient (Wildman–Crippen LogP) is 3.46. The maximum Gasteiger partial charge on any atom is 0.257 e. The van der Waals surface area contributed by atoms with Crippen molar-refractivity contribution < 1.29 is 4.79 Å². The van der Waals surface area contributed by atoms with Crippen molar-refractivity contribution in [3.8, 4) is 5.69 Å². The molecule has 0 aliphatic carbocycles. The number of benzene rings is 1. The molecule has 0 radical (unpaired) electrons. The zero-order valence-electron chi connectivity index (χ0n) is 16.9. The minimum Gasteiger partial charge on any atom is -0.344 e. The first-order valence-electron chi connectivity index (χ1n) is 9.99. The third kappa shape index (κ3) is 3.23. The predicted molar refractivity (Wildman–Crippen MR) is 119 cm³/mol. The molecule has 1 fully saturated rings. The lowest BCUT2D eigenvalue weighted by Crippen LogP contribution is -2.49. The Morgan fingerprint density at radius 1 is 1.00 bits per heavy atom. The second kappa shape index (κ2) is 7.53. The average molecular weight is 419 g/mol. The molecule has 8 heteroatoms. The Balaban J connectivity index is 1.33. The lowest BCUT2D eigenvalue weighted by Gasteiger charge is -2.34. The molecule has 0 unspecified atom stereocenters. The summed E-state index contributed by atoms with van der Waals surface area (Å²) in [5.41, 5.74) is 4.24. The maximum absolute atomic E-state index is 13.3. The Morgan fingerprint density at radius 2 is 1.77 bits per heavy atom. The molecule has 4 aromatic rings. The molecular formula is C22H22N6OS. The number of hydrogen-bond donors (Lipinski definition) is 0. The van der Waals surface area contributed by atoms with E-state index >= 15 is 0 Å². The van der Waals surface area contributed by atoms with Crippen molar-refractivity contribution in [2.45, 2.75) is 13.8 Å². The summed E-state index contributed by atoms with van der Waals surface area (Å²) in [4.78, 5) is 27.5. The van der Waals surface area contributed by atoms with E-state index in [0.717, 1.165) is 45.6 Å². The van der Waals surface area contributed by atoms with Crippen molar-refractivity contribution in [3.63, 3.8) is 0 Å². The number of para-hydroxylation sites is 1. The van der Waals surface area contributed by atoms with Crippen molar-refractivity contribution in [2.75, 3.05) is 31.1 Å². The molecule has 4 heterocycles. The fourth-order valence-electron chi connectivity index (χ4n) is 3.93. The van der Waals surface area contributed by atoms with Crippen LogP contribution in [0.3, 0.4) is 0 Å². The fraction of sp³-hybridized carbons (Fsp3) is 0.273. The van der Waals surface area contributed by atoms with Gasteiger partial charge in [0.1, 0.15) is 10.3 Å². The summed E-state index contributed by atoms with van der Waals surface area (Å²) in [7, 11) is 0. The molecule has 3 aromatic heterocycles. The number of aromatic nitrogens is 4. The van der Waals surface area contributed by atoms with Crippen LogP contribution in [0.15, 0.2) is 48.7 Å². The quantitative estimate of drug-likeness (QED) is 0.510. The van der Waals surface area contributed by atoms with E-state index in [2.05, 4.69) is 15.0 Å². The van der Waals surface area contributed by atoms with E-state index in [1.807, 2.05) is 65.9 Å². The fourth-order valence-corrected chi connectivity index (χ4v) is 4.89. The Hall–Kier alpha value is -3.26. The maximum atomic E-state index is 13.3. The first kappa shape index (κ1) is 18.7. The number of pyridine rings is 1. The van der Waals surface area contributed by atoms with Gasteiger partial charge in [-0.2, -0.15) is 5.10 Å². The van der Waals surface area contributed by atoms with Gasteiger partial charge in [-0.15, -0.1) is 0 Å². The molecule has 1 aliphatic heterocycles. The number of hydrogen-bond acceptors (Lipinski definition) is 6. The largest absolute Gasteiger partial charge is 0.344 e. The van der Waals surface area contributed by atoms with E-state index in [4.69, 9.17) is 4.98 Å². The summed E-state index contributed by atoms with van der Waals surface area (Å²) in [5, 5.41) is 5.60. The number of carbonyl (C=O) groups is 1. The molecule has 1 aliphatic rings. The van der Waals surface area contributed by atoms with Crippen molar-refractivity contribution in [1.82, 2.24) is 24.6 Å². The van der Waals surface area contributed by atoms with E-state index in [0.29, 0.717) is 18.7 Å². The van der Waals surface area contributed by atoms with E-state index in [9.17, 15) is 4.79 Å². The van der Waals surface area contributed by atoms with Gasteiger partial charge >= 0.3 is 0 Å². The summed E-state index contributed by atoms with van der Waals surface area (Å²) < 4.78 is 1.85. The van der Waals surface area contributed by atoms with Gasteiger partial charge in [-0.3, -0.25) is 4.79 Å². The number of anilines is 1. The molecule has 0 saturated carbocycles. The second-order valence-electron chi connectivity index (χ2n) is 7.40. The summed E-state index contributed by atoms with van der Waals surface area (Å²) in [6, 6.07) is 13.8. The first-order chi connectivity index (χ1) is 14.6. The monoisotopic (exact) mass is 418 g/mol. The van der Waals surface area contributed by atoms with Crippen LogP contribution in [0.5, 0.6) is 0 Å². The highest BCUT2D eigenvalue weighted by molar-refractivity contribution is 7.21. The molecule has 5 rings (SSSR count). The van der Waals surface area contributed by atoms with Gasteiger partial charge in [0.15, 0.2) is 5.13 Å². The van der Waals surface area contributed by atoms with Crippen molar-refractivity contribution in [3.05, 3.63) is 65.6 Å². The number of fused-ring (bicyclic) bond motifs is 1. The number of thiazole rings is 1. The Bertz CT molecular complexity index is 1170. The number of nitrogens with zero attached hydrogens (tertiary/aromatic N) is 6. The van der Waals surface area contributed by atoms with Crippen LogP contribution in [-0.4, -0.2) is 56.7 Å². The molecule has 7 nitrogen and oxygen atoms in total. The van der Waals surface area contributed by atoms with Crippen LogP contribution in [0.2, 0.25) is 0 Å². The molecule has 0 atom stereocenters. The lowest BCUT2D eigenvalue weighted by molar-refractivity contribution is 0.0745. The van der Waals surface area contributed by atoms with Gasteiger partial charge in [0, 0.05) is 32.4 Å². The number of piperazine rings is 1. The Morgan fingerprint density at radius 3 is 2.50 bits per heavy atom. The Labute approximate surface area is 178 Å². The zero-order chi connectivity index (χ0) is 20.7. The van der Waals surface area contributed by atoms with Gasteiger partial charge in [0.2, 0.25) is 0 Å². The normalized spacial score (nSPS) is 14.5. The molecule has 1 amide bonds. The summed E-state index contributed by atoms with van der Waals surface area (Å²) in [5.74, 6) is 0.0535. The molecule has 0 bridgehead atoms. The van der Waals surface area contributed by atoms with Crippen LogP contribution in [0.1, 0.15) is 21.7 Å². The molecule has 152 valence electrons. The van der Waals surface area contributed by atoms with Crippen LogP contribution >= 0.6 is 11.3 Å². The molecular weight excluding hydrogens is 396 g/mol. The second-order valence-corrected chi connectivity index (χ2v) is 8.35. The third-order valence-corrected chi connectivity index (χ3v) is 6.54. The van der Waals surface area contributed by atoms with Gasteiger partial charge in [-0.05, 0) is 38.1 Å². The van der Waals surface area contributed by atoms with Gasteiger partial charge in [0.25, 0.3) is 5.91 Å². The highest BCUT2D eigenvalue weighted by Gasteiger charge is 2.28. The minimum atomic E-state index is 0.0535. The minimum absolute atomic E-state index is 0.0535. The number of aryl methyl sites for hydroxylation is 1. The van der Waals surface area contributed by atoms with Crippen LogP contribution in [0.4, 0.5) is 5.13 Å². The number of amides is 1.